The Bertz CT molecular complexity index is 608. The molecule has 2 aliphatic rings. The second-order valence-corrected chi connectivity index (χ2v) is 9.33. The lowest BCUT2D eigenvalue weighted by molar-refractivity contribution is -0.896. The van der Waals surface area contributed by atoms with E-state index in [-0.39, 0.29) is 22.9 Å². The van der Waals surface area contributed by atoms with Gasteiger partial charge in [-0.2, -0.15) is 0 Å². The van der Waals surface area contributed by atoms with Gasteiger partial charge in [0.05, 0.1) is 14.1 Å². The van der Waals surface area contributed by atoms with Crippen LogP contribution >= 0.6 is 0 Å². The van der Waals surface area contributed by atoms with Crippen LogP contribution < -0.4 is 0 Å². The average molecular weight is 330 g/mol. The minimum absolute atomic E-state index is 0.0505. The minimum atomic E-state index is -0.0505. The van der Waals surface area contributed by atoms with E-state index < -0.39 is 0 Å². The normalized spacial score (nSPS) is 31.2. The van der Waals surface area contributed by atoms with Gasteiger partial charge in [-0.15, -0.1) is 0 Å². The number of esters is 1. The van der Waals surface area contributed by atoms with E-state index in [1.54, 1.807) is 0 Å². The van der Waals surface area contributed by atoms with Gasteiger partial charge in [-0.3, -0.25) is 0 Å². The summed E-state index contributed by atoms with van der Waals surface area (Å²) in [5, 5.41) is 0. The van der Waals surface area contributed by atoms with Crippen LogP contribution in [0.15, 0.2) is 30.3 Å². The number of fused-ring (bicyclic) bond motifs is 2. The summed E-state index contributed by atoms with van der Waals surface area (Å²) >= 11 is 0. The van der Waals surface area contributed by atoms with Gasteiger partial charge in [0.2, 0.25) is 0 Å². The first-order valence-corrected chi connectivity index (χ1v) is 9.19. The fourth-order valence-electron chi connectivity index (χ4n) is 4.99. The van der Waals surface area contributed by atoms with Gasteiger partial charge in [0.1, 0.15) is 12.6 Å². The van der Waals surface area contributed by atoms with Crippen LogP contribution in [-0.4, -0.2) is 37.2 Å². The minimum Gasteiger partial charge on any atom is -0.458 e. The summed E-state index contributed by atoms with van der Waals surface area (Å²) in [5.74, 6) is 0.651. The van der Waals surface area contributed by atoms with Crippen molar-refractivity contribution in [1.29, 1.82) is 0 Å². The zero-order chi connectivity index (χ0) is 17.6. The Labute approximate surface area is 146 Å². The number of quaternary nitrogens is 1. The maximum Gasteiger partial charge on any atom is 0.362 e. The van der Waals surface area contributed by atoms with Crippen molar-refractivity contribution in [3.63, 3.8) is 0 Å². The molecule has 0 spiro atoms. The van der Waals surface area contributed by atoms with Crippen molar-refractivity contribution < 1.29 is 14.0 Å². The van der Waals surface area contributed by atoms with Crippen molar-refractivity contribution in [2.24, 2.45) is 16.7 Å². The molecule has 3 nitrogen and oxygen atoms in total. The number of hydrogen-bond donors (Lipinski definition) is 0. The first kappa shape index (κ1) is 17.5. The molecule has 0 saturated heterocycles. The molecular formula is C21H32NO2+. The Morgan fingerprint density at radius 2 is 1.88 bits per heavy atom. The zero-order valence-corrected chi connectivity index (χ0v) is 15.8. The van der Waals surface area contributed by atoms with E-state index in [0.29, 0.717) is 16.9 Å². The van der Waals surface area contributed by atoms with E-state index in [4.69, 9.17) is 4.74 Å². The van der Waals surface area contributed by atoms with Crippen molar-refractivity contribution >= 4 is 5.97 Å². The topological polar surface area (TPSA) is 26.3 Å². The molecule has 24 heavy (non-hydrogen) atoms. The molecule has 132 valence electrons. The quantitative estimate of drug-likeness (QED) is 0.602. The molecule has 0 amide bonds. The monoisotopic (exact) mass is 330 g/mol. The highest BCUT2D eigenvalue weighted by atomic mass is 16.5. The Balaban J connectivity index is 1.60. The second-order valence-electron chi connectivity index (χ2n) is 9.33. The number of carbonyl (C=O) groups is 1. The van der Waals surface area contributed by atoms with Crippen LogP contribution in [-0.2, 0) is 16.1 Å². The highest BCUT2D eigenvalue weighted by molar-refractivity contribution is 5.71. The van der Waals surface area contributed by atoms with E-state index >= 15 is 0 Å². The van der Waals surface area contributed by atoms with Gasteiger partial charge in [-0.05, 0) is 30.6 Å². The van der Waals surface area contributed by atoms with Crippen molar-refractivity contribution in [1.82, 2.24) is 0 Å². The third-order valence-electron chi connectivity index (χ3n) is 7.00. The predicted molar refractivity (Wildman–Crippen MR) is 96.2 cm³/mol. The van der Waals surface area contributed by atoms with Crippen LogP contribution in [0.4, 0.5) is 0 Å². The standard InChI is InChI=1S/C21H32NO2/c1-20(2)17-11-12-21(20,3)18(13-17)24-19(23)15-22(4,5)14-16-9-7-6-8-10-16/h6-10,17-18H,11-15H2,1-5H3/q+1/t17-,18+,21-/m1/s1. The molecule has 2 fully saturated rings. The molecule has 3 rings (SSSR count). The smallest absolute Gasteiger partial charge is 0.362 e. The van der Waals surface area contributed by atoms with E-state index in [0.717, 1.165) is 13.0 Å². The molecule has 0 heterocycles. The first-order chi connectivity index (χ1) is 11.1. The summed E-state index contributed by atoms with van der Waals surface area (Å²) in [6.45, 7) is 8.29. The van der Waals surface area contributed by atoms with Crippen molar-refractivity contribution in [3.05, 3.63) is 35.9 Å². The lowest BCUT2D eigenvalue weighted by Gasteiger charge is -2.39. The van der Waals surface area contributed by atoms with Crippen molar-refractivity contribution in [2.75, 3.05) is 20.6 Å². The van der Waals surface area contributed by atoms with Gasteiger partial charge < -0.3 is 9.22 Å². The Morgan fingerprint density at radius 3 is 2.42 bits per heavy atom. The molecule has 3 atom stereocenters. The van der Waals surface area contributed by atoms with Gasteiger partial charge in [-0.1, -0.05) is 51.1 Å². The highest BCUT2D eigenvalue weighted by Crippen LogP contribution is 2.66. The maximum absolute atomic E-state index is 12.6. The summed E-state index contributed by atoms with van der Waals surface area (Å²) in [7, 11) is 4.20. The zero-order valence-electron chi connectivity index (χ0n) is 15.8. The molecule has 0 aliphatic heterocycles. The summed E-state index contributed by atoms with van der Waals surface area (Å²) in [5.41, 5.74) is 1.68. The SMILES string of the molecule is CC1(C)[C@@H]2CC[C@]1(C)[C@@H](OC(=O)C[N+](C)(C)Cc1ccccc1)C2. The summed E-state index contributed by atoms with van der Waals surface area (Å²) in [6.07, 6.45) is 3.61. The molecular weight excluding hydrogens is 298 g/mol. The molecule has 0 unspecified atom stereocenters. The number of ether oxygens (including phenoxy) is 1. The van der Waals surface area contributed by atoms with Gasteiger partial charge in [0.25, 0.3) is 0 Å². The average Bonchev–Trinajstić information content (AvgIpc) is 2.80. The fraction of sp³-hybridized carbons (Fsp3) is 0.667. The van der Waals surface area contributed by atoms with Crippen molar-refractivity contribution in [2.45, 2.75) is 52.7 Å². The molecule has 1 aromatic rings. The number of rotatable bonds is 5. The second kappa shape index (κ2) is 5.87. The number of carbonyl (C=O) groups excluding carboxylic acids is 1. The first-order valence-electron chi connectivity index (χ1n) is 9.19. The van der Waals surface area contributed by atoms with E-state index in [2.05, 4.69) is 47.0 Å². The Kier molecular flexibility index (Phi) is 4.28. The van der Waals surface area contributed by atoms with Gasteiger partial charge in [0.15, 0.2) is 6.54 Å². The molecule has 2 bridgehead atoms. The number of nitrogens with zero attached hydrogens (tertiary/aromatic N) is 1. The highest BCUT2D eigenvalue weighted by Gasteiger charge is 2.62. The summed E-state index contributed by atoms with van der Waals surface area (Å²) in [6, 6.07) is 10.3. The molecule has 2 saturated carbocycles. The van der Waals surface area contributed by atoms with Crippen molar-refractivity contribution in [3.8, 4) is 0 Å². The number of benzene rings is 1. The van der Waals surface area contributed by atoms with Gasteiger partial charge in [0, 0.05) is 11.0 Å². The van der Waals surface area contributed by atoms with Crippen LogP contribution in [0.3, 0.4) is 0 Å². The van der Waals surface area contributed by atoms with Crippen LogP contribution in [0.25, 0.3) is 0 Å². The Hall–Kier alpha value is -1.35. The van der Waals surface area contributed by atoms with Crippen LogP contribution in [0.2, 0.25) is 0 Å². The van der Waals surface area contributed by atoms with E-state index in [1.165, 1.54) is 18.4 Å². The molecule has 0 radical (unpaired) electrons. The van der Waals surface area contributed by atoms with Gasteiger partial charge >= 0.3 is 5.97 Å². The lowest BCUT2D eigenvalue weighted by atomic mass is 9.70. The van der Waals surface area contributed by atoms with E-state index in [1.807, 2.05) is 18.2 Å². The maximum atomic E-state index is 12.6. The van der Waals surface area contributed by atoms with Crippen LogP contribution in [0, 0.1) is 16.7 Å². The van der Waals surface area contributed by atoms with Crippen LogP contribution in [0.1, 0.15) is 45.6 Å². The number of likely N-dealkylation sites (N-methyl/N-ethyl adjacent to an activating group) is 1. The molecule has 1 aromatic carbocycles. The third-order valence-corrected chi connectivity index (χ3v) is 7.00. The van der Waals surface area contributed by atoms with Gasteiger partial charge in [-0.25, -0.2) is 4.79 Å². The molecule has 0 N–H and O–H groups in total. The third kappa shape index (κ3) is 2.99. The summed E-state index contributed by atoms with van der Waals surface area (Å²) in [4.78, 5) is 12.6. The Morgan fingerprint density at radius 1 is 1.21 bits per heavy atom. The lowest BCUT2D eigenvalue weighted by Crippen LogP contribution is -2.46. The molecule has 0 aromatic heterocycles. The van der Waals surface area contributed by atoms with E-state index in [9.17, 15) is 4.79 Å². The van der Waals surface area contributed by atoms with Crippen LogP contribution in [0.5, 0.6) is 0 Å². The predicted octanol–water partition coefficient (Wildman–Crippen LogP) is 4.02. The molecule has 3 heteroatoms. The number of hydrogen-bond acceptors (Lipinski definition) is 2. The molecule has 2 aliphatic carbocycles. The largest absolute Gasteiger partial charge is 0.458 e. The fourth-order valence-corrected chi connectivity index (χ4v) is 4.99. The summed E-state index contributed by atoms with van der Waals surface area (Å²) < 4.78 is 6.63.